The first-order valence-corrected chi connectivity index (χ1v) is 5.02. The zero-order valence-corrected chi connectivity index (χ0v) is 9.21. The number of pyridine rings is 1. The lowest BCUT2D eigenvalue weighted by atomic mass is 10.2. The number of rotatable bonds is 3. The summed E-state index contributed by atoms with van der Waals surface area (Å²) in [5.74, 6) is 0.499. The Balaban J connectivity index is 2.14. The molecule has 2 aromatic rings. The molecule has 2 rings (SSSR count). The van der Waals surface area contributed by atoms with Gasteiger partial charge in [0.2, 0.25) is 0 Å². The monoisotopic (exact) mass is 229 g/mol. The molecular formula is C11H11N5O. The van der Waals surface area contributed by atoms with Gasteiger partial charge in [0, 0.05) is 24.2 Å². The van der Waals surface area contributed by atoms with Crippen molar-refractivity contribution in [3.63, 3.8) is 0 Å². The summed E-state index contributed by atoms with van der Waals surface area (Å²) < 4.78 is 0. The van der Waals surface area contributed by atoms with Crippen LogP contribution in [0.3, 0.4) is 0 Å². The Labute approximate surface area is 97.5 Å². The highest BCUT2D eigenvalue weighted by Gasteiger charge is 1.96. The predicted molar refractivity (Wildman–Crippen MR) is 64.9 cm³/mol. The lowest BCUT2D eigenvalue weighted by Crippen LogP contribution is -2.11. The number of anilines is 1. The zero-order chi connectivity index (χ0) is 12.1. The van der Waals surface area contributed by atoms with Crippen LogP contribution in [0.1, 0.15) is 12.5 Å². The van der Waals surface area contributed by atoms with Gasteiger partial charge in [-0.3, -0.25) is 15.4 Å². The van der Waals surface area contributed by atoms with Gasteiger partial charge in [0.05, 0.1) is 5.71 Å². The van der Waals surface area contributed by atoms with Crippen LogP contribution in [-0.2, 0) is 0 Å². The Morgan fingerprint density at radius 2 is 2.06 bits per heavy atom. The third-order valence-corrected chi connectivity index (χ3v) is 2.12. The summed E-state index contributed by atoms with van der Waals surface area (Å²) in [5.41, 5.74) is 4.10. The van der Waals surface area contributed by atoms with E-state index >= 15 is 0 Å². The fraction of sp³-hybridized carbons (Fsp3) is 0.0909. The van der Waals surface area contributed by atoms with Crippen LogP contribution in [0, 0.1) is 0 Å². The fourth-order valence-corrected chi connectivity index (χ4v) is 1.24. The second-order valence-electron chi connectivity index (χ2n) is 3.33. The van der Waals surface area contributed by atoms with Crippen molar-refractivity contribution < 1.29 is 0 Å². The number of aromatic amines is 1. The van der Waals surface area contributed by atoms with Gasteiger partial charge >= 0.3 is 5.69 Å². The van der Waals surface area contributed by atoms with E-state index in [0.29, 0.717) is 5.82 Å². The largest absolute Gasteiger partial charge is 0.346 e. The van der Waals surface area contributed by atoms with Gasteiger partial charge in [0.25, 0.3) is 0 Å². The normalized spacial score (nSPS) is 11.2. The molecule has 0 saturated carbocycles. The van der Waals surface area contributed by atoms with Crippen LogP contribution in [0.4, 0.5) is 5.82 Å². The summed E-state index contributed by atoms with van der Waals surface area (Å²) in [6.45, 7) is 1.86. The molecule has 2 aromatic heterocycles. The van der Waals surface area contributed by atoms with Gasteiger partial charge in [0.1, 0.15) is 5.82 Å². The molecule has 0 saturated heterocycles. The first kappa shape index (κ1) is 11.0. The third kappa shape index (κ3) is 2.97. The summed E-state index contributed by atoms with van der Waals surface area (Å²) in [5, 5.41) is 4.15. The molecule has 0 unspecified atom stereocenters. The van der Waals surface area contributed by atoms with Gasteiger partial charge in [-0.25, -0.2) is 9.78 Å². The van der Waals surface area contributed by atoms with Gasteiger partial charge in [-0.15, -0.1) is 0 Å². The van der Waals surface area contributed by atoms with Gasteiger partial charge in [-0.1, -0.05) is 0 Å². The molecule has 2 heterocycles. The van der Waals surface area contributed by atoms with Crippen molar-refractivity contribution in [2.75, 3.05) is 5.43 Å². The first-order valence-electron chi connectivity index (χ1n) is 5.02. The van der Waals surface area contributed by atoms with Crippen molar-refractivity contribution in [2.45, 2.75) is 6.92 Å². The van der Waals surface area contributed by atoms with Gasteiger partial charge in [-0.05, 0) is 25.1 Å². The maximum absolute atomic E-state index is 10.9. The van der Waals surface area contributed by atoms with E-state index in [1.165, 1.54) is 6.20 Å². The van der Waals surface area contributed by atoms with Crippen molar-refractivity contribution in [1.29, 1.82) is 0 Å². The number of hydrogen-bond acceptors (Lipinski definition) is 5. The maximum Gasteiger partial charge on any atom is 0.346 e. The molecular weight excluding hydrogens is 218 g/mol. The minimum Gasteiger partial charge on any atom is -0.291 e. The fourth-order valence-electron chi connectivity index (χ4n) is 1.24. The van der Waals surface area contributed by atoms with Crippen LogP contribution in [-0.4, -0.2) is 20.7 Å². The molecule has 0 aliphatic heterocycles. The highest BCUT2D eigenvalue weighted by atomic mass is 16.1. The zero-order valence-electron chi connectivity index (χ0n) is 9.21. The highest BCUT2D eigenvalue weighted by Crippen LogP contribution is 2.01. The molecule has 0 aliphatic rings. The quantitative estimate of drug-likeness (QED) is 0.607. The van der Waals surface area contributed by atoms with E-state index in [1.54, 1.807) is 18.5 Å². The number of aromatic nitrogens is 3. The van der Waals surface area contributed by atoms with E-state index in [1.807, 2.05) is 19.1 Å². The lowest BCUT2D eigenvalue weighted by molar-refractivity contribution is 1.06. The summed E-state index contributed by atoms with van der Waals surface area (Å²) in [7, 11) is 0. The molecule has 6 heteroatoms. The average molecular weight is 229 g/mol. The van der Waals surface area contributed by atoms with E-state index in [9.17, 15) is 4.79 Å². The lowest BCUT2D eigenvalue weighted by Gasteiger charge is -2.02. The molecule has 0 bridgehead atoms. The van der Waals surface area contributed by atoms with Crippen molar-refractivity contribution >= 4 is 11.5 Å². The van der Waals surface area contributed by atoms with Gasteiger partial charge < -0.3 is 0 Å². The molecule has 17 heavy (non-hydrogen) atoms. The predicted octanol–water partition coefficient (Wildman–Crippen LogP) is 1.00. The Kier molecular flexibility index (Phi) is 3.25. The van der Waals surface area contributed by atoms with E-state index in [2.05, 4.69) is 25.5 Å². The molecule has 0 aliphatic carbocycles. The second kappa shape index (κ2) is 5.02. The summed E-state index contributed by atoms with van der Waals surface area (Å²) in [4.78, 5) is 20.9. The van der Waals surface area contributed by atoms with Crippen molar-refractivity contribution in [3.05, 3.63) is 52.8 Å². The summed E-state index contributed by atoms with van der Waals surface area (Å²) in [6.07, 6.45) is 4.81. The number of hydrogen-bond donors (Lipinski definition) is 2. The van der Waals surface area contributed by atoms with E-state index in [4.69, 9.17) is 0 Å². The maximum atomic E-state index is 10.9. The average Bonchev–Trinajstić information content (AvgIpc) is 2.37. The van der Waals surface area contributed by atoms with Crippen LogP contribution >= 0.6 is 0 Å². The van der Waals surface area contributed by atoms with Crippen molar-refractivity contribution in [3.8, 4) is 0 Å². The molecule has 0 atom stereocenters. The molecule has 0 amide bonds. The number of nitrogens with one attached hydrogen (secondary N) is 2. The second-order valence-corrected chi connectivity index (χ2v) is 3.33. The van der Waals surface area contributed by atoms with Crippen LogP contribution in [0.15, 0.2) is 46.7 Å². The molecule has 6 nitrogen and oxygen atoms in total. The minimum absolute atomic E-state index is 0.410. The Morgan fingerprint density at radius 1 is 1.29 bits per heavy atom. The Hall–Kier alpha value is -2.50. The topological polar surface area (TPSA) is 83.0 Å². The minimum atomic E-state index is -0.410. The Morgan fingerprint density at radius 3 is 2.76 bits per heavy atom. The van der Waals surface area contributed by atoms with Crippen LogP contribution in [0.2, 0.25) is 0 Å². The SMILES string of the molecule is C/C(=N\Nc1ccnc(=O)[nH]1)c1ccncc1. The Bertz CT molecular complexity index is 576. The van der Waals surface area contributed by atoms with Crippen LogP contribution < -0.4 is 11.1 Å². The number of hydrazone groups is 1. The summed E-state index contributed by atoms with van der Waals surface area (Å²) in [6, 6.07) is 5.34. The van der Waals surface area contributed by atoms with E-state index in [0.717, 1.165) is 11.3 Å². The molecule has 0 spiro atoms. The van der Waals surface area contributed by atoms with Crippen molar-refractivity contribution in [1.82, 2.24) is 15.0 Å². The van der Waals surface area contributed by atoms with Crippen LogP contribution in [0.25, 0.3) is 0 Å². The van der Waals surface area contributed by atoms with Crippen molar-refractivity contribution in [2.24, 2.45) is 5.10 Å². The smallest absolute Gasteiger partial charge is 0.291 e. The third-order valence-electron chi connectivity index (χ3n) is 2.12. The highest BCUT2D eigenvalue weighted by molar-refractivity contribution is 5.98. The molecule has 0 radical (unpaired) electrons. The summed E-state index contributed by atoms with van der Waals surface area (Å²) >= 11 is 0. The van der Waals surface area contributed by atoms with E-state index < -0.39 is 5.69 Å². The van der Waals surface area contributed by atoms with Gasteiger partial charge in [0.15, 0.2) is 0 Å². The number of nitrogens with zero attached hydrogens (tertiary/aromatic N) is 3. The molecule has 0 fully saturated rings. The number of H-pyrrole nitrogens is 1. The standard InChI is InChI=1S/C11H11N5O/c1-8(9-2-5-12-6-3-9)15-16-10-4-7-13-11(17)14-10/h2-7H,1H3,(H2,13,14,16,17)/b15-8+. The molecule has 0 aromatic carbocycles. The first-order chi connectivity index (χ1) is 8.25. The molecule has 2 N–H and O–H groups in total. The van der Waals surface area contributed by atoms with Crippen LogP contribution in [0.5, 0.6) is 0 Å². The van der Waals surface area contributed by atoms with E-state index in [-0.39, 0.29) is 0 Å². The van der Waals surface area contributed by atoms with Gasteiger partial charge in [-0.2, -0.15) is 5.10 Å². The molecule has 86 valence electrons.